The molecule has 0 atom stereocenters. The lowest BCUT2D eigenvalue weighted by Gasteiger charge is -2.18. The van der Waals surface area contributed by atoms with Crippen molar-refractivity contribution in [3.05, 3.63) is 51.8 Å². The van der Waals surface area contributed by atoms with Gasteiger partial charge in [0.15, 0.2) is 16.6 Å². The van der Waals surface area contributed by atoms with E-state index in [2.05, 4.69) is 10.3 Å². The van der Waals surface area contributed by atoms with E-state index < -0.39 is 0 Å². The second kappa shape index (κ2) is 8.61. The number of anilines is 1. The van der Waals surface area contributed by atoms with Crippen LogP contribution in [-0.4, -0.2) is 29.9 Å². The molecule has 0 saturated carbocycles. The van der Waals surface area contributed by atoms with Gasteiger partial charge in [-0.3, -0.25) is 4.79 Å². The maximum absolute atomic E-state index is 12.2. The van der Waals surface area contributed by atoms with Crippen LogP contribution in [0.3, 0.4) is 0 Å². The summed E-state index contributed by atoms with van der Waals surface area (Å²) in [4.78, 5) is 17.5. The number of hydrogen-bond acceptors (Lipinski definition) is 6. The van der Waals surface area contributed by atoms with Crippen molar-refractivity contribution in [1.82, 2.24) is 4.98 Å². The Bertz CT molecular complexity index is 1030. The number of amides is 1. The first-order valence-electron chi connectivity index (χ1n) is 8.32. The number of nitrogens with one attached hydrogen (secondary N) is 1. The van der Waals surface area contributed by atoms with E-state index in [9.17, 15) is 4.79 Å². The van der Waals surface area contributed by atoms with Crippen molar-refractivity contribution < 1.29 is 14.3 Å². The van der Waals surface area contributed by atoms with Crippen LogP contribution in [0.15, 0.2) is 46.7 Å². The molecule has 144 valence electrons. The number of carbonyl (C=O) groups excluding carboxylic acids is 1. The van der Waals surface area contributed by atoms with Crippen LogP contribution in [0.5, 0.6) is 11.5 Å². The van der Waals surface area contributed by atoms with Gasteiger partial charge < -0.3 is 14.8 Å². The van der Waals surface area contributed by atoms with E-state index in [1.165, 1.54) is 23.1 Å². The Hall–Kier alpha value is -1.93. The fourth-order valence-corrected chi connectivity index (χ4v) is 4.58. The van der Waals surface area contributed by atoms with E-state index in [-0.39, 0.29) is 11.7 Å². The minimum Gasteiger partial charge on any atom is -0.486 e. The number of benzene rings is 2. The maximum atomic E-state index is 12.2. The second-order valence-corrected chi connectivity index (χ2v) is 8.53. The molecule has 28 heavy (non-hydrogen) atoms. The predicted octanol–water partition coefficient (Wildman–Crippen LogP) is 5.62. The number of fused-ring (bicyclic) bond motifs is 1. The molecular formula is C19H14Cl2N2O3S2. The van der Waals surface area contributed by atoms with Gasteiger partial charge in [0.2, 0.25) is 5.91 Å². The summed E-state index contributed by atoms with van der Waals surface area (Å²) < 4.78 is 11.1. The Balaban J connectivity index is 1.39. The standard InChI is InChI=1S/C19H14Cl2N2O3S2/c20-12-2-3-13(21)17(8-12)27-10-18(24)23-19-22-14(9-28-19)11-1-4-15-16(7-11)26-6-5-25-15/h1-4,7-9H,5-6,10H2,(H,22,23,24). The molecule has 1 N–H and O–H groups in total. The Morgan fingerprint density at radius 2 is 1.96 bits per heavy atom. The van der Waals surface area contributed by atoms with Gasteiger partial charge in [0.05, 0.1) is 16.5 Å². The first-order chi connectivity index (χ1) is 13.6. The summed E-state index contributed by atoms with van der Waals surface area (Å²) in [6, 6.07) is 10.9. The van der Waals surface area contributed by atoms with Crippen LogP contribution < -0.4 is 14.8 Å². The van der Waals surface area contributed by atoms with Crippen LogP contribution in [-0.2, 0) is 4.79 Å². The quantitative estimate of drug-likeness (QED) is 0.509. The van der Waals surface area contributed by atoms with Gasteiger partial charge >= 0.3 is 0 Å². The topological polar surface area (TPSA) is 60.5 Å². The zero-order chi connectivity index (χ0) is 19.5. The van der Waals surface area contributed by atoms with Crippen LogP contribution in [0.25, 0.3) is 11.3 Å². The third-order valence-corrected chi connectivity index (χ3v) is 6.33. The van der Waals surface area contributed by atoms with Gasteiger partial charge in [-0.05, 0) is 36.4 Å². The van der Waals surface area contributed by atoms with Gasteiger partial charge in [0.25, 0.3) is 0 Å². The van der Waals surface area contributed by atoms with Gasteiger partial charge in [-0.15, -0.1) is 23.1 Å². The van der Waals surface area contributed by atoms with Gasteiger partial charge in [0, 0.05) is 20.9 Å². The first-order valence-corrected chi connectivity index (χ1v) is 10.9. The van der Waals surface area contributed by atoms with E-state index in [1.54, 1.807) is 18.2 Å². The van der Waals surface area contributed by atoms with Crippen molar-refractivity contribution in [3.63, 3.8) is 0 Å². The number of aromatic nitrogens is 1. The molecule has 0 radical (unpaired) electrons. The number of thioether (sulfide) groups is 1. The molecule has 0 bridgehead atoms. The summed E-state index contributed by atoms with van der Waals surface area (Å²) in [7, 11) is 0. The normalized spacial score (nSPS) is 12.6. The van der Waals surface area contributed by atoms with Gasteiger partial charge in [-0.1, -0.05) is 23.2 Å². The molecule has 5 nitrogen and oxygen atoms in total. The number of thiazole rings is 1. The maximum Gasteiger partial charge on any atom is 0.236 e. The largest absolute Gasteiger partial charge is 0.486 e. The molecular weight excluding hydrogens is 439 g/mol. The minimum atomic E-state index is -0.163. The molecule has 1 amide bonds. The average Bonchev–Trinajstić information content (AvgIpc) is 3.16. The van der Waals surface area contributed by atoms with Crippen molar-refractivity contribution in [2.24, 2.45) is 0 Å². The monoisotopic (exact) mass is 452 g/mol. The van der Waals surface area contributed by atoms with Crippen LogP contribution in [0, 0.1) is 0 Å². The molecule has 1 aliphatic rings. The average molecular weight is 453 g/mol. The molecule has 9 heteroatoms. The Morgan fingerprint density at radius 3 is 2.82 bits per heavy atom. The zero-order valence-corrected chi connectivity index (χ0v) is 17.6. The second-order valence-electron chi connectivity index (χ2n) is 5.81. The molecule has 2 aromatic carbocycles. The van der Waals surface area contributed by atoms with Crippen molar-refractivity contribution in [2.75, 3.05) is 24.3 Å². The van der Waals surface area contributed by atoms with E-state index in [0.29, 0.717) is 34.1 Å². The molecule has 3 aromatic rings. The predicted molar refractivity (Wildman–Crippen MR) is 114 cm³/mol. The van der Waals surface area contributed by atoms with Crippen molar-refractivity contribution in [2.45, 2.75) is 4.90 Å². The smallest absolute Gasteiger partial charge is 0.236 e. The molecule has 0 unspecified atom stereocenters. The summed E-state index contributed by atoms with van der Waals surface area (Å²) in [6.45, 7) is 1.08. The fraction of sp³-hybridized carbons (Fsp3) is 0.158. The molecule has 1 aromatic heterocycles. The van der Waals surface area contributed by atoms with Crippen LogP contribution in [0.4, 0.5) is 5.13 Å². The van der Waals surface area contributed by atoms with Gasteiger partial charge in [-0.25, -0.2) is 4.98 Å². The van der Waals surface area contributed by atoms with E-state index in [0.717, 1.165) is 21.9 Å². The molecule has 0 fully saturated rings. The lowest BCUT2D eigenvalue weighted by Crippen LogP contribution is -2.15. The third kappa shape index (κ3) is 4.55. The van der Waals surface area contributed by atoms with Crippen molar-refractivity contribution in [3.8, 4) is 22.8 Å². The number of nitrogens with zero attached hydrogens (tertiary/aromatic N) is 1. The lowest BCUT2D eigenvalue weighted by molar-refractivity contribution is -0.113. The number of rotatable bonds is 5. The van der Waals surface area contributed by atoms with Crippen LogP contribution in [0.2, 0.25) is 10.0 Å². The Labute approximate surface area is 180 Å². The van der Waals surface area contributed by atoms with Crippen molar-refractivity contribution >= 4 is 57.3 Å². The summed E-state index contributed by atoms with van der Waals surface area (Å²) in [6.07, 6.45) is 0. The molecule has 1 aliphatic heterocycles. The number of hydrogen-bond donors (Lipinski definition) is 1. The highest BCUT2D eigenvalue weighted by atomic mass is 35.5. The van der Waals surface area contributed by atoms with E-state index in [4.69, 9.17) is 32.7 Å². The van der Waals surface area contributed by atoms with Gasteiger partial charge in [-0.2, -0.15) is 0 Å². The lowest BCUT2D eigenvalue weighted by atomic mass is 10.1. The van der Waals surface area contributed by atoms with E-state index >= 15 is 0 Å². The third-order valence-electron chi connectivity index (χ3n) is 3.84. The highest BCUT2D eigenvalue weighted by molar-refractivity contribution is 8.00. The Kier molecular flexibility index (Phi) is 5.96. The highest BCUT2D eigenvalue weighted by Gasteiger charge is 2.15. The van der Waals surface area contributed by atoms with E-state index in [1.807, 2.05) is 23.6 Å². The number of halogens is 2. The zero-order valence-electron chi connectivity index (χ0n) is 14.4. The number of carbonyl (C=O) groups is 1. The molecule has 0 spiro atoms. The fourth-order valence-electron chi connectivity index (χ4n) is 2.55. The molecule has 4 rings (SSSR count). The highest BCUT2D eigenvalue weighted by Crippen LogP contribution is 2.35. The summed E-state index contributed by atoms with van der Waals surface area (Å²) in [5.74, 6) is 1.48. The Morgan fingerprint density at radius 1 is 1.14 bits per heavy atom. The van der Waals surface area contributed by atoms with Crippen LogP contribution >= 0.6 is 46.3 Å². The van der Waals surface area contributed by atoms with Crippen molar-refractivity contribution in [1.29, 1.82) is 0 Å². The number of ether oxygens (including phenoxy) is 2. The molecule has 0 aliphatic carbocycles. The minimum absolute atomic E-state index is 0.163. The molecule has 0 saturated heterocycles. The summed E-state index contributed by atoms with van der Waals surface area (Å²) >= 11 is 14.8. The van der Waals surface area contributed by atoms with Crippen LogP contribution in [0.1, 0.15) is 0 Å². The van der Waals surface area contributed by atoms with Gasteiger partial charge in [0.1, 0.15) is 13.2 Å². The summed E-state index contributed by atoms with van der Waals surface area (Å²) in [5, 5.41) is 6.39. The first kappa shape index (κ1) is 19.4. The molecule has 2 heterocycles. The SMILES string of the molecule is O=C(CSc1cc(Cl)ccc1Cl)Nc1nc(-c2ccc3c(c2)OCCO3)cs1. The summed E-state index contributed by atoms with van der Waals surface area (Å²) in [5.41, 5.74) is 1.67.